The number of ether oxygens (including phenoxy) is 2. The molecule has 4 heteroatoms. The molecule has 3 rings (SSSR count). The van der Waals surface area contributed by atoms with Crippen molar-refractivity contribution in [3.63, 3.8) is 0 Å². The van der Waals surface area contributed by atoms with E-state index in [0.29, 0.717) is 19.8 Å². The van der Waals surface area contributed by atoms with E-state index in [1.54, 1.807) is 0 Å². The molecule has 2 aromatic carbocycles. The van der Waals surface area contributed by atoms with E-state index in [-0.39, 0.29) is 6.09 Å². The fourth-order valence-electron chi connectivity index (χ4n) is 3.64. The van der Waals surface area contributed by atoms with Crippen LogP contribution in [-0.2, 0) is 22.3 Å². The van der Waals surface area contributed by atoms with Crippen LogP contribution in [0.2, 0.25) is 0 Å². The third-order valence-electron chi connectivity index (χ3n) is 4.77. The fourth-order valence-corrected chi connectivity index (χ4v) is 3.64. The highest BCUT2D eigenvalue weighted by Gasteiger charge is 2.44. The van der Waals surface area contributed by atoms with Crippen LogP contribution in [0.4, 0.5) is 4.79 Å². The molecule has 27 heavy (non-hydrogen) atoms. The molecule has 4 nitrogen and oxygen atoms in total. The summed E-state index contributed by atoms with van der Waals surface area (Å²) in [4.78, 5) is 14.9. The van der Waals surface area contributed by atoms with Crippen molar-refractivity contribution < 1.29 is 14.3 Å². The number of amides is 1. The summed E-state index contributed by atoms with van der Waals surface area (Å²) >= 11 is 0. The van der Waals surface area contributed by atoms with E-state index in [9.17, 15) is 4.79 Å². The van der Waals surface area contributed by atoms with Crippen molar-refractivity contribution in [2.45, 2.75) is 44.8 Å². The number of rotatable bonds is 4. The Morgan fingerprint density at radius 2 is 1.52 bits per heavy atom. The minimum absolute atomic E-state index is 0.266. The van der Waals surface area contributed by atoms with Gasteiger partial charge in [0.2, 0.25) is 0 Å². The maximum absolute atomic E-state index is 13.1. The van der Waals surface area contributed by atoms with Gasteiger partial charge in [0.1, 0.15) is 5.60 Å². The Bertz CT molecular complexity index is 696. The van der Waals surface area contributed by atoms with Crippen LogP contribution in [0.15, 0.2) is 60.7 Å². The van der Waals surface area contributed by atoms with Gasteiger partial charge in [-0.1, -0.05) is 60.7 Å². The molecule has 1 saturated heterocycles. The highest BCUT2D eigenvalue weighted by molar-refractivity contribution is 5.69. The van der Waals surface area contributed by atoms with Gasteiger partial charge in [-0.15, -0.1) is 0 Å². The van der Waals surface area contributed by atoms with Crippen molar-refractivity contribution in [2.24, 2.45) is 0 Å². The number of hydrogen-bond donors (Lipinski definition) is 0. The van der Waals surface area contributed by atoms with Gasteiger partial charge in [-0.3, -0.25) is 4.90 Å². The third-order valence-corrected chi connectivity index (χ3v) is 4.77. The van der Waals surface area contributed by atoms with Gasteiger partial charge in [0.25, 0.3) is 0 Å². The van der Waals surface area contributed by atoms with Crippen molar-refractivity contribution in [3.8, 4) is 0 Å². The summed E-state index contributed by atoms with van der Waals surface area (Å²) in [6.45, 7) is 7.28. The summed E-state index contributed by atoms with van der Waals surface area (Å²) < 4.78 is 11.6. The molecule has 0 unspecified atom stereocenters. The molecular weight excluding hydrogens is 338 g/mol. The Hall–Kier alpha value is -2.33. The minimum Gasteiger partial charge on any atom is -0.444 e. The average molecular weight is 367 g/mol. The van der Waals surface area contributed by atoms with Gasteiger partial charge < -0.3 is 9.47 Å². The highest BCUT2D eigenvalue weighted by Crippen LogP contribution is 2.31. The molecule has 0 N–H and O–H groups in total. The number of hydrogen-bond acceptors (Lipinski definition) is 3. The largest absolute Gasteiger partial charge is 0.444 e. The maximum atomic E-state index is 13.1. The van der Waals surface area contributed by atoms with Gasteiger partial charge in [-0.05, 0) is 44.7 Å². The lowest BCUT2D eigenvalue weighted by atomic mass is 9.83. The lowest BCUT2D eigenvalue weighted by Crippen LogP contribution is -2.62. The first-order valence-electron chi connectivity index (χ1n) is 9.54. The second kappa shape index (κ2) is 8.13. The van der Waals surface area contributed by atoms with E-state index in [2.05, 4.69) is 24.3 Å². The monoisotopic (exact) mass is 367 g/mol. The van der Waals surface area contributed by atoms with Gasteiger partial charge in [0, 0.05) is 6.54 Å². The predicted octanol–water partition coefficient (Wildman–Crippen LogP) is 4.48. The van der Waals surface area contributed by atoms with Crippen molar-refractivity contribution in [3.05, 3.63) is 71.8 Å². The van der Waals surface area contributed by atoms with E-state index in [0.717, 1.165) is 12.8 Å². The molecular formula is C23H29NO3. The standard InChI is InChI=1S/C23H29NO3/c1-22(2,3)27-21(25)24-14-15-26-18-23(24,16-19-10-6-4-7-11-19)17-20-12-8-5-9-13-20/h4-13H,14-18H2,1-3H3. The molecule has 144 valence electrons. The van der Waals surface area contributed by atoms with Gasteiger partial charge >= 0.3 is 6.09 Å². The number of benzene rings is 2. The maximum Gasteiger partial charge on any atom is 0.410 e. The second-order valence-corrected chi connectivity index (χ2v) is 8.23. The van der Waals surface area contributed by atoms with Gasteiger partial charge in [0.15, 0.2) is 0 Å². The summed E-state index contributed by atoms with van der Waals surface area (Å²) in [6.07, 6.45) is 1.18. The molecule has 1 aliphatic heterocycles. The van der Waals surface area contributed by atoms with Gasteiger partial charge in [-0.2, -0.15) is 0 Å². The van der Waals surface area contributed by atoms with E-state index in [1.807, 2.05) is 62.1 Å². The number of morpholine rings is 1. The van der Waals surface area contributed by atoms with Crippen molar-refractivity contribution in [1.29, 1.82) is 0 Å². The molecule has 0 aliphatic carbocycles. The zero-order chi connectivity index (χ0) is 19.3. The lowest BCUT2D eigenvalue weighted by molar-refractivity contribution is -0.0751. The Kier molecular flexibility index (Phi) is 5.85. The normalized spacial score (nSPS) is 16.8. The Labute approximate surface area is 162 Å². The summed E-state index contributed by atoms with van der Waals surface area (Å²) in [5.74, 6) is 0. The van der Waals surface area contributed by atoms with Gasteiger partial charge in [-0.25, -0.2) is 4.79 Å². The van der Waals surface area contributed by atoms with Crippen molar-refractivity contribution >= 4 is 6.09 Å². The van der Waals surface area contributed by atoms with Crippen molar-refractivity contribution in [1.82, 2.24) is 4.90 Å². The van der Waals surface area contributed by atoms with Crippen molar-refractivity contribution in [2.75, 3.05) is 19.8 Å². The molecule has 0 radical (unpaired) electrons. The summed E-state index contributed by atoms with van der Waals surface area (Å²) in [7, 11) is 0. The number of carbonyl (C=O) groups is 1. The van der Waals surface area contributed by atoms with Crippen LogP contribution >= 0.6 is 0 Å². The molecule has 0 aromatic heterocycles. The Morgan fingerprint density at radius 1 is 1.00 bits per heavy atom. The van der Waals surface area contributed by atoms with E-state index in [1.165, 1.54) is 11.1 Å². The molecule has 1 fully saturated rings. The summed E-state index contributed by atoms with van der Waals surface area (Å²) in [5, 5.41) is 0. The average Bonchev–Trinajstić information content (AvgIpc) is 2.62. The number of nitrogens with zero attached hydrogens (tertiary/aromatic N) is 1. The lowest BCUT2D eigenvalue weighted by Gasteiger charge is -2.47. The first kappa shape index (κ1) is 19.4. The van der Waals surface area contributed by atoms with E-state index < -0.39 is 11.1 Å². The Morgan fingerprint density at radius 3 is 2.00 bits per heavy atom. The first-order valence-corrected chi connectivity index (χ1v) is 9.54. The molecule has 1 heterocycles. The first-order chi connectivity index (χ1) is 12.9. The zero-order valence-electron chi connectivity index (χ0n) is 16.5. The zero-order valence-corrected chi connectivity index (χ0v) is 16.5. The van der Waals surface area contributed by atoms with Crippen LogP contribution in [0.3, 0.4) is 0 Å². The summed E-state index contributed by atoms with van der Waals surface area (Å²) in [5.41, 5.74) is 1.38. The van der Waals surface area contributed by atoms with Gasteiger partial charge in [0.05, 0.1) is 18.8 Å². The quantitative estimate of drug-likeness (QED) is 0.800. The number of carbonyl (C=O) groups excluding carboxylic acids is 1. The molecule has 0 atom stereocenters. The smallest absolute Gasteiger partial charge is 0.410 e. The van der Waals surface area contributed by atoms with E-state index >= 15 is 0 Å². The summed E-state index contributed by atoms with van der Waals surface area (Å²) in [6, 6.07) is 20.6. The van der Waals surface area contributed by atoms with Crippen LogP contribution in [0.5, 0.6) is 0 Å². The Balaban J connectivity index is 1.95. The fraction of sp³-hybridized carbons (Fsp3) is 0.435. The van der Waals surface area contributed by atoms with E-state index in [4.69, 9.17) is 9.47 Å². The molecule has 2 aromatic rings. The topological polar surface area (TPSA) is 38.8 Å². The van der Waals surface area contributed by atoms with Crippen LogP contribution in [0.25, 0.3) is 0 Å². The van der Waals surface area contributed by atoms with Crippen LogP contribution in [0.1, 0.15) is 31.9 Å². The molecule has 0 saturated carbocycles. The predicted molar refractivity (Wildman–Crippen MR) is 107 cm³/mol. The van der Waals surface area contributed by atoms with Crippen LogP contribution in [0, 0.1) is 0 Å². The second-order valence-electron chi connectivity index (χ2n) is 8.23. The molecule has 1 amide bonds. The highest BCUT2D eigenvalue weighted by atomic mass is 16.6. The molecule has 0 spiro atoms. The third kappa shape index (κ3) is 5.10. The van der Waals surface area contributed by atoms with Crippen LogP contribution < -0.4 is 0 Å². The minimum atomic E-state index is -0.527. The molecule has 0 bridgehead atoms. The molecule has 1 aliphatic rings. The van der Waals surface area contributed by atoms with Crippen LogP contribution in [-0.4, -0.2) is 41.9 Å². The SMILES string of the molecule is CC(C)(C)OC(=O)N1CCOCC1(Cc1ccccc1)Cc1ccccc1.